The van der Waals surface area contributed by atoms with E-state index in [0.717, 1.165) is 57.1 Å². The Morgan fingerprint density at radius 2 is 2.23 bits per heavy atom. The number of pyridine rings is 1. The number of nitrogens with zero attached hydrogens (tertiary/aromatic N) is 3. The molecule has 0 amide bonds. The molecule has 4 rings (SSSR count). The van der Waals surface area contributed by atoms with E-state index in [-0.39, 0.29) is 18.0 Å². The Morgan fingerprint density at radius 3 is 3.03 bits per heavy atom. The quantitative estimate of drug-likeness (QED) is 0.535. The minimum absolute atomic E-state index is 0.175. The lowest BCUT2D eigenvalue weighted by Crippen LogP contribution is -2.45. The maximum Gasteiger partial charge on any atom is 0.191 e. The van der Waals surface area contributed by atoms with Crippen molar-refractivity contribution in [3.05, 3.63) is 48.3 Å². The van der Waals surface area contributed by atoms with Crippen LogP contribution >= 0.6 is 0 Å². The van der Waals surface area contributed by atoms with Gasteiger partial charge in [0.15, 0.2) is 17.6 Å². The molecule has 2 unspecified atom stereocenters. The molecule has 0 spiro atoms. The van der Waals surface area contributed by atoms with Crippen molar-refractivity contribution in [2.75, 3.05) is 37.7 Å². The Balaban J connectivity index is 1.34. The van der Waals surface area contributed by atoms with E-state index in [4.69, 9.17) is 14.1 Å². The summed E-state index contributed by atoms with van der Waals surface area (Å²) in [5, 5.41) is 6.92. The van der Waals surface area contributed by atoms with E-state index in [9.17, 15) is 4.39 Å². The van der Waals surface area contributed by atoms with Crippen LogP contribution in [0.3, 0.4) is 0 Å². The molecule has 0 saturated carbocycles. The van der Waals surface area contributed by atoms with E-state index < -0.39 is 0 Å². The van der Waals surface area contributed by atoms with Gasteiger partial charge in [-0.25, -0.2) is 9.37 Å². The molecular formula is C22H30FN5O2. The van der Waals surface area contributed by atoms with Crippen molar-refractivity contribution in [2.45, 2.75) is 44.2 Å². The summed E-state index contributed by atoms with van der Waals surface area (Å²) < 4.78 is 25.3. The number of aliphatic imine (C=N–C) groups is 1. The number of hydrogen-bond acceptors (Lipinski definition) is 5. The van der Waals surface area contributed by atoms with Gasteiger partial charge in [0, 0.05) is 44.9 Å². The molecule has 2 saturated heterocycles. The molecule has 8 heteroatoms. The first-order chi connectivity index (χ1) is 14.8. The molecule has 2 aromatic heterocycles. The van der Waals surface area contributed by atoms with Crippen LogP contribution in [0, 0.1) is 5.82 Å². The lowest BCUT2D eigenvalue weighted by molar-refractivity contribution is 0.0224. The number of aromatic nitrogens is 1. The molecular weight excluding hydrogens is 385 g/mol. The van der Waals surface area contributed by atoms with Crippen molar-refractivity contribution in [3.8, 4) is 0 Å². The van der Waals surface area contributed by atoms with Crippen LogP contribution in [0.25, 0.3) is 0 Å². The van der Waals surface area contributed by atoms with E-state index in [1.54, 1.807) is 18.5 Å². The molecule has 2 fully saturated rings. The first kappa shape index (κ1) is 20.7. The smallest absolute Gasteiger partial charge is 0.191 e. The summed E-state index contributed by atoms with van der Waals surface area (Å²) in [5.74, 6) is 1.85. The molecule has 2 atom stereocenters. The lowest BCUT2D eigenvalue weighted by atomic mass is 10.1. The highest BCUT2D eigenvalue weighted by atomic mass is 19.1. The van der Waals surface area contributed by atoms with Crippen LogP contribution < -0.4 is 15.5 Å². The SMILES string of the molecule is Fc1cccnc1N1CCC(NC(=NCC2CCCCO2)NCCc2ccco2)C1. The van der Waals surface area contributed by atoms with Gasteiger partial charge in [-0.15, -0.1) is 0 Å². The molecule has 162 valence electrons. The third kappa shape index (κ3) is 5.72. The largest absolute Gasteiger partial charge is 0.469 e. The number of rotatable bonds is 7. The number of hydrogen-bond donors (Lipinski definition) is 2. The van der Waals surface area contributed by atoms with Crippen molar-refractivity contribution in [2.24, 2.45) is 4.99 Å². The van der Waals surface area contributed by atoms with Gasteiger partial charge >= 0.3 is 0 Å². The molecule has 0 aliphatic carbocycles. The minimum atomic E-state index is -0.280. The Kier molecular flexibility index (Phi) is 7.18. The Bertz CT molecular complexity index is 808. The summed E-state index contributed by atoms with van der Waals surface area (Å²) in [5.41, 5.74) is 0. The predicted molar refractivity (Wildman–Crippen MR) is 114 cm³/mol. The summed E-state index contributed by atoms with van der Waals surface area (Å²) in [6.45, 7) is 3.63. The summed E-state index contributed by atoms with van der Waals surface area (Å²) in [6.07, 6.45) is 8.57. The fourth-order valence-corrected chi connectivity index (χ4v) is 3.93. The average molecular weight is 416 g/mol. The second-order valence-corrected chi connectivity index (χ2v) is 7.82. The second kappa shape index (κ2) is 10.4. The van der Waals surface area contributed by atoms with Crippen LogP contribution in [0.15, 0.2) is 46.1 Å². The number of anilines is 1. The van der Waals surface area contributed by atoms with Crippen LogP contribution in [0.5, 0.6) is 0 Å². The van der Waals surface area contributed by atoms with Crippen LogP contribution in [-0.2, 0) is 11.2 Å². The molecule has 30 heavy (non-hydrogen) atoms. The van der Waals surface area contributed by atoms with E-state index in [0.29, 0.717) is 18.9 Å². The molecule has 0 aromatic carbocycles. The van der Waals surface area contributed by atoms with Gasteiger partial charge in [0.2, 0.25) is 0 Å². The number of ether oxygens (including phenoxy) is 1. The van der Waals surface area contributed by atoms with Gasteiger partial charge in [0.25, 0.3) is 0 Å². The highest BCUT2D eigenvalue weighted by Gasteiger charge is 2.26. The number of guanidine groups is 1. The van der Waals surface area contributed by atoms with E-state index in [2.05, 4.69) is 15.6 Å². The van der Waals surface area contributed by atoms with E-state index in [1.807, 2.05) is 17.0 Å². The van der Waals surface area contributed by atoms with Crippen molar-refractivity contribution >= 4 is 11.8 Å². The van der Waals surface area contributed by atoms with Gasteiger partial charge in [-0.3, -0.25) is 4.99 Å². The Morgan fingerprint density at radius 1 is 1.27 bits per heavy atom. The molecule has 7 nitrogen and oxygen atoms in total. The minimum Gasteiger partial charge on any atom is -0.469 e. The maximum atomic E-state index is 14.1. The highest BCUT2D eigenvalue weighted by molar-refractivity contribution is 5.80. The zero-order valence-corrected chi connectivity index (χ0v) is 17.2. The van der Waals surface area contributed by atoms with Gasteiger partial charge in [-0.05, 0) is 49.9 Å². The van der Waals surface area contributed by atoms with Crippen LogP contribution in [0.2, 0.25) is 0 Å². The number of furan rings is 1. The van der Waals surface area contributed by atoms with Gasteiger partial charge in [-0.1, -0.05) is 0 Å². The van der Waals surface area contributed by atoms with Crippen molar-refractivity contribution in [3.63, 3.8) is 0 Å². The topological polar surface area (TPSA) is 74.9 Å². The predicted octanol–water partition coefficient (Wildman–Crippen LogP) is 2.74. The second-order valence-electron chi connectivity index (χ2n) is 7.82. The van der Waals surface area contributed by atoms with Crippen LogP contribution in [0.1, 0.15) is 31.4 Å². The monoisotopic (exact) mass is 415 g/mol. The van der Waals surface area contributed by atoms with Crippen molar-refractivity contribution < 1.29 is 13.5 Å². The molecule has 2 N–H and O–H groups in total. The van der Waals surface area contributed by atoms with Crippen LogP contribution in [-0.4, -0.2) is 55.9 Å². The number of nitrogens with one attached hydrogen (secondary N) is 2. The van der Waals surface area contributed by atoms with Crippen LogP contribution in [0.4, 0.5) is 10.2 Å². The van der Waals surface area contributed by atoms with E-state index in [1.165, 1.54) is 12.5 Å². The third-order valence-corrected chi connectivity index (χ3v) is 5.54. The molecule has 2 aliphatic heterocycles. The van der Waals surface area contributed by atoms with E-state index >= 15 is 0 Å². The van der Waals surface area contributed by atoms with Gasteiger partial charge < -0.3 is 24.7 Å². The summed E-state index contributed by atoms with van der Waals surface area (Å²) in [6, 6.07) is 7.11. The molecule has 0 bridgehead atoms. The molecule has 2 aliphatic rings. The van der Waals surface area contributed by atoms with Crippen molar-refractivity contribution in [1.82, 2.24) is 15.6 Å². The zero-order chi connectivity index (χ0) is 20.6. The van der Waals surface area contributed by atoms with Crippen molar-refractivity contribution in [1.29, 1.82) is 0 Å². The Labute approximate surface area is 176 Å². The molecule has 2 aromatic rings. The standard InChI is InChI=1S/C22H30FN5O2/c23-20-7-3-10-24-21(20)28-12-9-17(16-28)27-22(25-11-8-18-6-4-14-29-18)26-15-19-5-1-2-13-30-19/h3-4,6-7,10,14,17,19H,1-2,5,8-9,11-13,15-16H2,(H2,25,26,27). The van der Waals surface area contributed by atoms with Gasteiger partial charge in [0.1, 0.15) is 5.76 Å². The molecule has 0 radical (unpaired) electrons. The zero-order valence-electron chi connectivity index (χ0n) is 17.2. The normalized spacial score (nSPS) is 22.3. The summed E-state index contributed by atoms with van der Waals surface area (Å²) in [7, 11) is 0. The van der Waals surface area contributed by atoms with Gasteiger partial charge in [0.05, 0.1) is 18.9 Å². The first-order valence-electron chi connectivity index (χ1n) is 10.8. The average Bonchev–Trinajstić information content (AvgIpc) is 3.45. The maximum absolute atomic E-state index is 14.1. The highest BCUT2D eigenvalue weighted by Crippen LogP contribution is 2.20. The third-order valence-electron chi connectivity index (χ3n) is 5.54. The number of halogens is 1. The lowest BCUT2D eigenvalue weighted by Gasteiger charge is -2.23. The first-order valence-corrected chi connectivity index (χ1v) is 10.8. The summed E-state index contributed by atoms with van der Waals surface area (Å²) >= 11 is 0. The molecule has 4 heterocycles. The van der Waals surface area contributed by atoms with Gasteiger partial charge in [-0.2, -0.15) is 0 Å². The fourth-order valence-electron chi connectivity index (χ4n) is 3.93. The summed E-state index contributed by atoms with van der Waals surface area (Å²) in [4.78, 5) is 11.0. The fraction of sp³-hybridized carbons (Fsp3) is 0.545. The Hall–Kier alpha value is -2.61.